The largest absolute Gasteiger partial charge is 0.507 e. The smallest absolute Gasteiger partial charge is 0.152 e. The zero-order chi connectivity index (χ0) is 19.0. The summed E-state index contributed by atoms with van der Waals surface area (Å²) in [6, 6.07) is 7.29. The van der Waals surface area contributed by atoms with E-state index in [9.17, 15) is 10.2 Å². The van der Waals surface area contributed by atoms with Gasteiger partial charge in [0.05, 0.1) is 19.8 Å². The van der Waals surface area contributed by atoms with Crippen molar-refractivity contribution < 1.29 is 29.2 Å². The number of hydrogen-bond donors (Lipinski definition) is 2. The number of fused-ring (bicyclic) bond motifs is 1. The number of aliphatic hydroxyl groups is 1. The van der Waals surface area contributed by atoms with Crippen LogP contribution in [-0.2, 0) is 4.74 Å². The van der Waals surface area contributed by atoms with Crippen molar-refractivity contribution in [3.8, 4) is 23.0 Å². The maximum atomic E-state index is 10.9. The van der Waals surface area contributed by atoms with Crippen molar-refractivity contribution in [3.63, 3.8) is 0 Å². The second kappa shape index (κ2) is 7.05. The van der Waals surface area contributed by atoms with E-state index in [1.807, 2.05) is 24.3 Å². The van der Waals surface area contributed by atoms with Crippen LogP contribution in [0.25, 0.3) is 0 Å². The van der Waals surface area contributed by atoms with Crippen molar-refractivity contribution >= 4 is 0 Å². The van der Waals surface area contributed by atoms with E-state index in [1.54, 1.807) is 21.0 Å². The van der Waals surface area contributed by atoms with Crippen molar-refractivity contribution in [1.82, 2.24) is 0 Å². The van der Waals surface area contributed by atoms with Gasteiger partial charge in [0.2, 0.25) is 0 Å². The molecule has 0 bridgehead atoms. The highest BCUT2D eigenvalue weighted by Gasteiger charge is 2.42. The van der Waals surface area contributed by atoms with E-state index >= 15 is 0 Å². The molecule has 2 aromatic rings. The van der Waals surface area contributed by atoms with Crippen LogP contribution < -0.4 is 14.2 Å². The fourth-order valence-corrected chi connectivity index (χ4v) is 3.52. The van der Waals surface area contributed by atoms with E-state index in [1.165, 1.54) is 14.2 Å². The maximum absolute atomic E-state index is 10.9. The van der Waals surface area contributed by atoms with Gasteiger partial charge in [0.25, 0.3) is 0 Å². The number of aliphatic hydroxyl groups excluding tert-OH is 1. The second-order valence-corrected chi connectivity index (χ2v) is 6.33. The molecule has 140 valence electrons. The third-order valence-corrected chi connectivity index (χ3v) is 4.93. The molecule has 0 fully saturated rings. The fourth-order valence-electron chi connectivity index (χ4n) is 3.52. The summed E-state index contributed by atoms with van der Waals surface area (Å²) in [5, 5.41) is 21.4. The van der Waals surface area contributed by atoms with Gasteiger partial charge in [0.1, 0.15) is 35.2 Å². The van der Waals surface area contributed by atoms with E-state index in [-0.39, 0.29) is 5.75 Å². The van der Waals surface area contributed by atoms with Gasteiger partial charge in [0.15, 0.2) is 6.10 Å². The van der Waals surface area contributed by atoms with Crippen LogP contribution in [0.1, 0.15) is 34.5 Å². The molecule has 0 aromatic heterocycles. The van der Waals surface area contributed by atoms with Gasteiger partial charge in [-0.15, -0.1) is 0 Å². The van der Waals surface area contributed by atoms with Gasteiger partial charge in [-0.25, -0.2) is 0 Å². The SMILES string of the molecule is COc1ccc([C@H]2Oc3c(C)c(O)c(C)c(OC)c3[C@H](OC)[C@@H]2O)cc1. The van der Waals surface area contributed by atoms with Gasteiger partial charge >= 0.3 is 0 Å². The average molecular weight is 360 g/mol. The standard InChI is InChI=1S/C20H24O6/c1-10-15(21)11(2)18-14(17(10)24-4)20(25-5)16(22)19(26-18)12-6-8-13(23-3)9-7-12/h6-9,16,19-22H,1-5H3/t16-,19-,20+/m1/s1. The molecule has 0 saturated heterocycles. The highest BCUT2D eigenvalue weighted by Crippen LogP contribution is 2.52. The van der Waals surface area contributed by atoms with Gasteiger partial charge in [0, 0.05) is 18.2 Å². The first kappa shape index (κ1) is 18.4. The molecule has 3 atom stereocenters. The topological polar surface area (TPSA) is 77.4 Å². The van der Waals surface area contributed by atoms with Gasteiger partial charge in [-0.05, 0) is 31.5 Å². The predicted molar refractivity (Wildman–Crippen MR) is 96.3 cm³/mol. The number of phenolic OH excluding ortho intramolecular Hbond substituents is 1. The molecule has 6 heteroatoms. The lowest BCUT2D eigenvalue weighted by Gasteiger charge is -2.38. The van der Waals surface area contributed by atoms with Gasteiger partial charge < -0.3 is 29.2 Å². The van der Waals surface area contributed by atoms with Crippen LogP contribution in [0.3, 0.4) is 0 Å². The lowest BCUT2D eigenvalue weighted by Crippen LogP contribution is -2.36. The molecule has 0 saturated carbocycles. The molecule has 1 aliphatic heterocycles. The highest BCUT2D eigenvalue weighted by atomic mass is 16.5. The number of methoxy groups -OCH3 is 3. The number of ether oxygens (including phenoxy) is 4. The van der Waals surface area contributed by atoms with Crippen LogP contribution in [0.2, 0.25) is 0 Å². The molecule has 0 unspecified atom stereocenters. The summed E-state index contributed by atoms with van der Waals surface area (Å²) in [5.74, 6) is 1.76. The van der Waals surface area contributed by atoms with E-state index in [0.717, 1.165) is 5.56 Å². The molecule has 3 rings (SSSR count). The third-order valence-electron chi connectivity index (χ3n) is 4.93. The number of benzene rings is 2. The molecular formula is C20H24O6. The van der Waals surface area contributed by atoms with Crippen molar-refractivity contribution in [2.24, 2.45) is 0 Å². The Kier molecular flexibility index (Phi) is 4.98. The Balaban J connectivity index is 2.15. The second-order valence-electron chi connectivity index (χ2n) is 6.33. The molecule has 0 aliphatic carbocycles. The average Bonchev–Trinajstić information content (AvgIpc) is 2.67. The first-order valence-electron chi connectivity index (χ1n) is 8.36. The molecule has 2 aromatic carbocycles. The summed E-state index contributed by atoms with van der Waals surface area (Å²) in [7, 11) is 4.65. The quantitative estimate of drug-likeness (QED) is 0.872. The number of aromatic hydroxyl groups is 1. The van der Waals surface area contributed by atoms with Gasteiger partial charge in [-0.3, -0.25) is 0 Å². The summed E-state index contributed by atoms with van der Waals surface area (Å²) in [5.41, 5.74) is 2.57. The van der Waals surface area contributed by atoms with E-state index < -0.39 is 18.3 Å². The van der Waals surface area contributed by atoms with Crippen molar-refractivity contribution in [1.29, 1.82) is 0 Å². The summed E-state index contributed by atoms with van der Waals surface area (Å²) in [6.07, 6.45) is -2.25. The molecule has 0 spiro atoms. The Hall–Kier alpha value is -2.44. The van der Waals surface area contributed by atoms with E-state index in [0.29, 0.717) is 33.9 Å². The first-order valence-corrected chi connectivity index (χ1v) is 8.36. The molecule has 0 amide bonds. The zero-order valence-corrected chi connectivity index (χ0v) is 15.6. The molecule has 1 aliphatic rings. The monoisotopic (exact) mass is 360 g/mol. The first-order chi connectivity index (χ1) is 12.4. The number of phenols is 1. The molecule has 1 heterocycles. The highest BCUT2D eigenvalue weighted by molar-refractivity contribution is 5.63. The van der Waals surface area contributed by atoms with Crippen molar-refractivity contribution in [2.45, 2.75) is 32.2 Å². The summed E-state index contributed by atoms with van der Waals surface area (Å²) < 4.78 is 22.4. The zero-order valence-electron chi connectivity index (χ0n) is 15.6. The Labute approximate surface area is 152 Å². The lowest BCUT2D eigenvalue weighted by molar-refractivity contribution is -0.0882. The molecule has 6 nitrogen and oxygen atoms in total. The van der Waals surface area contributed by atoms with E-state index in [4.69, 9.17) is 18.9 Å². The molecule has 26 heavy (non-hydrogen) atoms. The van der Waals surface area contributed by atoms with Gasteiger partial charge in [-0.1, -0.05) is 12.1 Å². The Bertz CT molecular complexity index is 799. The van der Waals surface area contributed by atoms with Crippen LogP contribution >= 0.6 is 0 Å². The molecular weight excluding hydrogens is 336 g/mol. The van der Waals surface area contributed by atoms with E-state index in [2.05, 4.69) is 0 Å². The Morgan fingerprint density at radius 1 is 0.962 bits per heavy atom. The van der Waals surface area contributed by atoms with Crippen molar-refractivity contribution in [2.75, 3.05) is 21.3 Å². The van der Waals surface area contributed by atoms with Crippen LogP contribution in [-0.4, -0.2) is 37.6 Å². The van der Waals surface area contributed by atoms with Crippen molar-refractivity contribution in [3.05, 3.63) is 46.5 Å². The summed E-state index contributed by atoms with van der Waals surface area (Å²) >= 11 is 0. The van der Waals surface area contributed by atoms with Crippen LogP contribution in [0.15, 0.2) is 24.3 Å². The van der Waals surface area contributed by atoms with Crippen LogP contribution in [0, 0.1) is 13.8 Å². The predicted octanol–water partition coefficient (Wildman–Crippen LogP) is 3.21. The normalized spacial score (nSPS) is 21.7. The van der Waals surface area contributed by atoms with Gasteiger partial charge in [-0.2, -0.15) is 0 Å². The minimum atomic E-state index is -0.946. The molecule has 2 N–H and O–H groups in total. The Morgan fingerprint density at radius 3 is 2.15 bits per heavy atom. The number of hydrogen-bond acceptors (Lipinski definition) is 6. The third kappa shape index (κ3) is 2.75. The fraction of sp³-hybridized carbons (Fsp3) is 0.400. The summed E-state index contributed by atoms with van der Waals surface area (Å²) in [4.78, 5) is 0. The number of rotatable bonds is 4. The lowest BCUT2D eigenvalue weighted by atomic mass is 9.88. The summed E-state index contributed by atoms with van der Waals surface area (Å²) in [6.45, 7) is 3.53. The Morgan fingerprint density at radius 2 is 1.62 bits per heavy atom. The molecule has 0 radical (unpaired) electrons. The van der Waals surface area contributed by atoms with Crippen LogP contribution in [0.4, 0.5) is 0 Å². The van der Waals surface area contributed by atoms with Crippen LogP contribution in [0.5, 0.6) is 23.0 Å². The minimum absolute atomic E-state index is 0.111. The minimum Gasteiger partial charge on any atom is -0.507 e. The maximum Gasteiger partial charge on any atom is 0.152 e.